The number of nitrogens with zero attached hydrogens (tertiary/aromatic N) is 4. The van der Waals surface area contributed by atoms with Crippen LogP contribution in [-0.2, 0) is 43.8 Å². The lowest BCUT2D eigenvalue weighted by molar-refractivity contribution is -0.121. The number of nitrogen functional groups attached to an aromatic ring is 1. The lowest BCUT2D eigenvalue weighted by Crippen LogP contribution is -2.19. The fourth-order valence-electron chi connectivity index (χ4n) is 2.41. The molecule has 0 amide bonds. The number of anilines is 1. The van der Waals surface area contributed by atoms with Crippen molar-refractivity contribution in [1.29, 1.82) is 0 Å². The second kappa shape index (κ2) is 13.5. The molecule has 2 aromatic heterocycles. The Bertz CT molecular complexity index is 955. The summed E-state index contributed by atoms with van der Waals surface area (Å²) >= 11 is 0. The highest BCUT2D eigenvalue weighted by atomic mass is 31.2. The monoisotopic (exact) mass is 505 g/mol. The largest absolute Gasteiger partial charge is 0.510 e. The zero-order valence-electron chi connectivity index (χ0n) is 19.9. The number of carbonyl (C=O) groups is 1. The van der Waals surface area contributed by atoms with Gasteiger partial charge in [0, 0.05) is 0 Å². The van der Waals surface area contributed by atoms with Gasteiger partial charge in [-0.05, 0) is 34.6 Å². The molecule has 0 aliphatic heterocycles. The summed E-state index contributed by atoms with van der Waals surface area (Å²) < 4.78 is 50.9. The van der Waals surface area contributed by atoms with E-state index in [4.69, 9.17) is 38.5 Å². The molecular weight excluding hydrogens is 473 g/mol. The summed E-state index contributed by atoms with van der Waals surface area (Å²) in [6, 6.07) is 0. The molecule has 15 heteroatoms. The molecule has 2 atom stereocenters. The van der Waals surface area contributed by atoms with E-state index in [1.165, 1.54) is 6.33 Å². The van der Waals surface area contributed by atoms with Crippen LogP contribution in [0.1, 0.15) is 34.6 Å². The first kappa shape index (κ1) is 27.9. The number of hydrogen-bond donors (Lipinski definition) is 1. The highest BCUT2D eigenvalue weighted by Gasteiger charge is 2.28. The highest BCUT2D eigenvalue weighted by molar-refractivity contribution is 7.53. The van der Waals surface area contributed by atoms with Gasteiger partial charge in [-0.3, -0.25) is 13.6 Å². The van der Waals surface area contributed by atoms with Crippen LogP contribution >= 0.6 is 7.60 Å². The Hall–Kier alpha value is -2.35. The molecule has 0 spiro atoms. The maximum absolute atomic E-state index is 13.1. The molecule has 0 bridgehead atoms. The minimum atomic E-state index is -3.88. The molecule has 0 saturated heterocycles. The lowest BCUT2D eigenvalue weighted by atomic mass is 10.4. The Balaban J connectivity index is 1.92. The minimum absolute atomic E-state index is 0.0486. The maximum atomic E-state index is 13.1. The maximum Gasteiger partial charge on any atom is 0.510 e. The van der Waals surface area contributed by atoms with E-state index in [0.717, 1.165) is 0 Å². The second-order valence-corrected chi connectivity index (χ2v) is 9.63. The number of carbonyl (C=O) groups excluding carboxylic acids is 1. The van der Waals surface area contributed by atoms with Crippen LogP contribution in [0.15, 0.2) is 12.7 Å². The number of aromatic nitrogens is 4. The first-order valence-corrected chi connectivity index (χ1v) is 12.3. The lowest BCUT2D eigenvalue weighted by Gasteiger charge is -2.21. The molecule has 2 rings (SSSR count). The van der Waals surface area contributed by atoms with Gasteiger partial charge in [0.1, 0.15) is 25.0 Å². The topological polar surface area (TPSA) is 168 Å². The fourth-order valence-corrected chi connectivity index (χ4v) is 3.52. The third-order valence-electron chi connectivity index (χ3n) is 3.98. The Morgan fingerprint density at radius 3 is 2.47 bits per heavy atom. The van der Waals surface area contributed by atoms with Gasteiger partial charge < -0.3 is 34.0 Å². The number of imidazole rings is 1. The normalized spacial score (nSPS) is 14.4. The number of rotatable bonds is 15. The molecule has 2 aromatic rings. The van der Waals surface area contributed by atoms with Gasteiger partial charge in [-0.2, -0.15) is 0 Å². The van der Waals surface area contributed by atoms with Gasteiger partial charge in [-0.15, -0.1) is 0 Å². The average Bonchev–Trinajstić information content (AvgIpc) is 3.15. The molecule has 0 aromatic carbocycles. The van der Waals surface area contributed by atoms with Gasteiger partial charge in [0.25, 0.3) is 0 Å². The SMILES string of the molecule is CC(C)OCOCOP(=O)(COC(C)Cn1cnc2c(N)ncnc21)OCOC(=O)OC(C)C. The summed E-state index contributed by atoms with van der Waals surface area (Å²) in [5, 5.41) is 0. The summed E-state index contributed by atoms with van der Waals surface area (Å²) in [6.45, 7) is 7.96. The number of ether oxygens (including phenoxy) is 5. The molecule has 0 saturated carbocycles. The van der Waals surface area contributed by atoms with E-state index in [1.807, 2.05) is 13.8 Å². The van der Waals surface area contributed by atoms with E-state index in [0.29, 0.717) is 17.7 Å². The quantitative estimate of drug-likeness (QED) is 0.162. The van der Waals surface area contributed by atoms with Gasteiger partial charge in [-0.25, -0.2) is 19.7 Å². The Labute approximate surface area is 197 Å². The molecule has 14 nitrogen and oxygen atoms in total. The average molecular weight is 505 g/mol. The smallest absolute Gasteiger partial charge is 0.432 e. The third kappa shape index (κ3) is 9.49. The van der Waals surface area contributed by atoms with Crippen molar-refractivity contribution in [3.8, 4) is 0 Å². The highest BCUT2D eigenvalue weighted by Crippen LogP contribution is 2.48. The van der Waals surface area contributed by atoms with Crippen LogP contribution in [0, 0.1) is 0 Å². The van der Waals surface area contributed by atoms with Gasteiger partial charge in [-0.1, -0.05) is 0 Å². The molecule has 0 fully saturated rings. The number of fused-ring (bicyclic) bond motifs is 1. The third-order valence-corrected chi connectivity index (χ3v) is 5.44. The molecule has 0 aliphatic carbocycles. The van der Waals surface area contributed by atoms with Crippen LogP contribution in [0.2, 0.25) is 0 Å². The molecule has 0 aliphatic rings. The second-order valence-electron chi connectivity index (χ2n) is 7.64. The van der Waals surface area contributed by atoms with E-state index in [2.05, 4.69) is 15.0 Å². The van der Waals surface area contributed by atoms with E-state index in [9.17, 15) is 9.36 Å². The van der Waals surface area contributed by atoms with Gasteiger partial charge in [0.2, 0.25) is 6.79 Å². The summed E-state index contributed by atoms with van der Waals surface area (Å²) in [5.41, 5.74) is 6.81. The fraction of sp³-hybridized carbons (Fsp3) is 0.684. The summed E-state index contributed by atoms with van der Waals surface area (Å²) in [5.74, 6) is 0.265. The zero-order valence-corrected chi connectivity index (χ0v) is 20.8. The molecule has 2 unspecified atom stereocenters. The Morgan fingerprint density at radius 2 is 1.76 bits per heavy atom. The molecule has 0 radical (unpaired) electrons. The van der Waals surface area contributed by atoms with Crippen LogP contribution in [0.5, 0.6) is 0 Å². The Kier molecular flexibility index (Phi) is 11.1. The van der Waals surface area contributed by atoms with Crippen LogP contribution in [0.3, 0.4) is 0 Å². The van der Waals surface area contributed by atoms with Crippen LogP contribution < -0.4 is 5.73 Å². The molecule has 192 valence electrons. The standard InChI is InChI=1S/C19H32N5O9P/c1-13(2)28-9-27-10-31-34(26,32-11-29-19(25)33-14(3)4)12-30-15(5)6-24-8-23-16-17(20)21-7-22-18(16)24/h7-8,13-15H,6,9-12H2,1-5H3,(H2,20,21,22). The summed E-state index contributed by atoms with van der Waals surface area (Å²) in [7, 11) is -3.88. The number of nitrogens with two attached hydrogens (primary N) is 1. The van der Waals surface area contributed by atoms with Crippen molar-refractivity contribution in [1.82, 2.24) is 19.5 Å². The van der Waals surface area contributed by atoms with Crippen molar-refractivity contribution >= 4 is 30.7 Å². The zero-order chi connectivity index (χ0) is 25.1. The predicted molar refractivity (Wildman–Crippen MR) is 120 cm³/mol. The van der Waals surface area contributed by atoms with Gasteiger partial charge >= 0.3 is 13.8 Å². The van der Waals surface area contributed by atoms with Gasteiger partial charge in [0.05, 0.1) is 31.2 Å². The van der Waals surface area contributed by atoms with E-state index < -0.39 is 33.0 Å². The molecule has 2 N–H and O–H groups in total. The van der Waals surface area contributed by atoms with Crippen molar-refractivity contribution in [2.24, 2.45) is 0 Å². The van der Waals surface area contributed by atoms with E-state index in [-0.39, 0.29) is 31.6 Å². The Morgan fingerprint density at radius 1 is 1.03 bits per heavy atom. The number of hydrogen-bond acceptors (Lipinski definition) is 13. The van der Waals surface area contributed by atoms with Crippen molar-refractivity contribution in [2.45, 2.75) is 59.5 Å². The van der Waals surface area contributed by atoms with Crippen LogP contribution in [-0.4, -0.2) is 70.7 Å². The van der Waals surface area contributed by atoms with Crippen molar-refractivity contribution in [2.75, 3.05) is 32.5 Å². The molecule has 2 heterocycles. The van der Waals surface area contributed by atoms with E-state index >= 15 is 0 Å². The van der Waals surface area contributed by atoms with Crippen molar-refractivity contribution < 1.29 is 42.1 Å². The molecule has 34 heavy (non-hydrogen) atoms. The first-order valence-electron chi connectivity index (χ1n) is 10.5. The first-order chi connectivity index (χ1) is 16.1. The van der Waals surface area contributed by atoms with Crippen molar-refractivity contribution in [3.63, 3.8) is 0 Å². The van der Waals surface area contributed by atoms with E-state index in [1.54, 1.807) is 31.7 Å². The van der Waals surface area contributed by atoms with Crippen LogP contribution in [0.4, 0.5) is 10.6 Å². The van der Waals surface area contributed by atoms with Crippen molar-refractivity contribution in [3.05, 3.63) is 12.7 Å². The van der Waals surface area contributed by atoms with Crippen LogP contribution in [0.25, 0.3) is 11.2 Å². The molecular formula is C19H32N5O9P. The summed E-state index contributed by atoms with van der Waals surface area (Å²) in [4.78, 5) is 23.8. The minimum Gasteiger partial charge on any atom is -0.432 e. The predicted octanol–water partition coefficient (Wildman–Crippen LogP) is 2.87. The van der Waals surface area contributed by atoms with Gasteiger partial charge in [0.15, 0.2) is 18.3 Å². The summed E-state index contributed by atoms with van der Waals surface area (Å²) in [6.07, 6.45) is 0.608.